The molecule has 8 heteroatoms. The molecule has 0 atom stereocenters. The molecule has 0 unspecified atom stereocenters. The van der Waals surface area contributed by atoms with E-state index >= 15 is 0 Å². The molecule has 0 saturated heterocycles. The molecular weight excluding hydrogens is 366 g/mol. The van der Waals surface area contributed by atoms with E-state index in [0.717, 1.165) is 5.56 Å². The van der Waals surface area contributed by atoms with E-state index < -0.39 is 10.0 Å². The highest BCUT2D eigenvalue weighted by atomic mass is 35.5. The van der Waals surface area contributed by atoms with Gasteiger partial charge in [0.15, 0.2) is 0 Å². The van der Waals surface area contributed by atoms with Crippen LogP contribution in [0.2, 0.25) is 5.02 Å². The first-order valence-corrected chi connectivity index (χ1v) is 9.26. The van der Waals surface area contributed by atoms with Crippen molar-refractivity contribution < 1.29 is 22.7 Å². The van der Waals surface area contributed by atoms with E-state index in [1.54, 1.807) is 25.1 Å². The van der Waals surface area contributed by atoms with Gasteiger partial charge in [0.25, 0.3) is 10.0 Å². The maximum Gasteiger partial charge on any atom is 0.308 e. The first-order chi connectivity index (χ1) is 11.8. The van der Waals surface area contributed by atoms with Crippen LogP contribution in [0.3, 0.4) is 0 Å². The fourth-order valence-corrected chi connectivity index (χ4v) is 3.27. The number of methoxy groups -OCH3 is 1. The molecule has 25 heavy (non-hydrogen) atoms. The van der Waals surface area contributed by atoms with Crippen LogP contribution in [0, 0.1) is 6.92 Å². The Morgan fingerprint density at radius 1 is 1.16 bits per heavy atom. The Morgan fingerprint density at radius 2 is 1.84 bits per heavy atom. The number of benzene rings is 2. The van der Waals surface area contributed by atoms with Crippen LogP contribution in [0.15, 0.2) is 47.4 Å². The van der Waals surface area contributed by atoms with Crippen molar-refractivity contribution >= 4 is 33.3 Å². The molecule has 0 saturated carbocycles. The van der Waals surface area contributed by atoms with Crippen molar-refractivity contribution in [3.05, 3.63) is 53.1 Å². The average molecular weight is 384 g/mol. The Hall–Kier alpha value is -2.25. The molecule has 2 rings (SSSR count). The summed E-state index contributed by atoms with van der Waals surface area (Å²) in [6.45, 7) is 1.94. The number of nitrogens with one attached hydrogen (secondary N) is 1. The van der Waals surface area contributed by atoms with Crippen molar-refractivity contribution in [2.45, 2.75) is 18.2 Å². The molecule has 0 aliphatic carbocycles. The van der Waals surface area contributed by atoms with Gasteiger partial charge in [-0.1, -0.05) is 17.7 Å². The molecule has 6 nitrogen and oxygen atoms in total. The number of anilines is 1. The lowest BCUT2D eigenvalue weighted by Crippen LogP contribution is -2.13. The van der Waals surface area contributed by atoms with Crippen LogP contribution in [-0.2, 0) is 19.6 Å². The third-order valence-corrected chi connectivity index (χ3v) is 5.00. The molecule has 0 radical (unpaired) electrons. The third kappa shape index (κ3) is 5.37. The molecule has 1 N–H and O–H groups in total. The maximum atomic E-state index is 12.5. The molecular formula is C17H18ClNO5S. The smallest absolute Gasteiger partial charge is 0.308 e. The lowest BCUT2D eigenvalue weighted by molar-refractivity contribution is -0.141. The van der Waals surface area contributed by atoms with Crippen LogP contribution in [0.25, 0.3) is 0 Å². The zero-order chi connectivity index (χ0) is 18.4. The molecule has 0 fully saturated rings. The molecule has 0 heterocycles. The van der Waals surface area contributed by atoms with Crippen LogP contribution in [0.4, 0.5) is 5.69 Å². The summed E-state index contributed by atoms with van der Waals surface area (Å²) in [7, 11) is -2.44. The Kier molecular flexibility index (Phi) is 6.27. The number of halogens is 1. The molecule has 0 aromatic heterocycles. The van der Waals surface area contributed by atoms with Crippen molar-refractivity contribution in [3.8, 4) is 5.75 Å². The number of carbonyl (C=O) groups excluding carboxylic acids is 1. The van der Waals surface area contributed by atoms with Crippen LogP contribution >= 0.6 is 11.6 Å². The second kappa shape index (κ2) is 8.22. The van der Waals surface area contributed by atoms with Crippen LogP contribution in [-0.4, -0.2) is 28.1 Å². The molecule has 134 valence electrons. The minimum absolute atomic E-state index is 0.0900. The summed E-state index contributed by atoms with van der Waals surface area (Å²) in [6, 6.07) is 10.9. The van der Waals surface area contributed by atoms with Gasteiger partial charge in [-0.3, -0.25) is 9.52 Å². The lowest BCUT2D eigenvalue weighted by atomic mass is 10.2. The molecule has 2 aromatic carbocycles. The van der Waals surface area contributed by atoms with Gasteiger partial charge in [0, 0.05) is 5.02 Å². The summed E-state index contributed by atoms with van der Waals surface area (Å²) in [5.74, 6) is 0.0853. The molecule has 0 aliphatic heterocycles. The number of sulfonamides is 1. The second-order valence-electron chi connectivity index (χ2n) is 5.21. The minimum atomic E-state index is -3.75. The van der Waals surface area contributed by atoms with Crippen LogP contribution in [0.1, 0.15) is 12.0 Å². The van der Waals surface area contributed by atoms with Crippen molar-refractivity contribution in [3.63, 3.8) is 0 Å². The van der Waals surface area contributed by atoms with Gasteiger partial charge in [0.2, 0.25) is 0 Å². The van der Waals surface area contributed by atoms with E-state index in [1.165, 1.54) is 31.4 Å². The van der Waals surface area contributed by atoms with E-state index in [2.05, 4.69) is 9.46 Å². The van der Waals surface area contributed by atoms with Crippen LogP contribution in [0.5, 0.6) is 5.75 Å². The Morgan fingerprint density at radius 3 is 2.48 bits per heavy atom. The predicted octanol–water partition coefficient (Wildman–Crippen LogP) is 3.39. The first kappa shape index (κ1) is 19.1. The molecule has 0 aliphatic rings. The normalized spacial score (nSPS) is 11.0. The number of aryl methyl sites for hydroxylation is 1. The van der Waals surface area contributed by atoms with Gasteiger partial charge < -0.3 is 9.47 Å². The highest BCUT2D eigenvalue weighted by Gasteiger charge is 2.15. The number of hydrogen-bond acceptors (Lipinski definition) is 5. The lowest BCUT2D eigenvalue weighted by Gasteiger charge is -2.11. The Bertz CT molecular complexity index is 850. The van der Waals surface area contributed by atoms with E-state index in [0.29, 0.717) is 16.5 Å². The number of rotatable bonds is 7. The van der Waals surface area contributed by atoms with Gasteiger partial charge in [-0.25, -0.2) is 8.42 Å². The largest absolute Gasteiger partial charge is 0.493 e. The van der Waals surface area contributed by atoms with E-state index in [-0.39, 0.29) is 23.9 Å². The summed E-state index contributed by atoms with van der Waals surface area (Å²) < 4.78 is 37.3. The zero-order valence-corrected chi connectivity index (χ0v) is 15.4. The van der Waals surface area contributed by atoms with Gasteiger partial charge in [-0.2, -0.15) is 0 Å². The number of esters is 1. The summed E-state index contributed by atoms with van der Waals surface area (Å²) in [5.41, 5.74) is 1.18. The van der Waals surface area contributed by atoms with Gasteiger partial charge in [-0.15, -0.1) is 0 Å². The van der Waals surface area contributed by atoms with Crippen molar-refractivity contribution in [2.24, 2.45) is 0 Å². The highest BCUT2D eigenvalue weighted by molar-refractivity contribution is 7.92. The molecule has 0 bridgehead atoms. The highest BCUT2D eigenvalue weighted by Crippen LogP contribution is 2.24. The topological polar surface area (TPSA) is 81.7 Å². The van der Waals surface area contributed by atoms with Crippen molar-refractivity contribution in [1.82, 2.24) is 0 Å². The fourth-order valence-electron chi connectivity index (χ4n) is 1.98. The SMILES string of the molecule is COC(=O)CCOc1ccc(S(=O)(=O)Nc2cc(Cl)ccc2C)cc1. The summed E-state index contributed by atoms with van der Waals surface area (Å²) in [6.07, 6.45) is 0.117. The second-order valence-corrected chi connectivity index (χ2v) is 7.33. The van der Waals surface area contributed by atoms with E-state index in [4.69, 9.17) is 16.3 Å². The van der Waals surface area contributed by atoms with Crippen LogP contribution < -0.4 is 9.46 Å². The van der Waals surface area contributed by atoms with E-state index in [9.17, 15) is 13.2 Å². The molecule has 0 spiro atoms. The summed E-state index contributed by atoms with van der Waals surface area (Å²) >= 11 is 5.91. The zero-order valence-electron chi connectivity index (χ0n) is 13.8. The monoisotopic (exact) mass is 383 g/mol. The summed E-state index contributed by atoms with van der Waals surface area (Å²) in [5, 5.41) is 0.442. The Labute approximate surface area is 151 Å². The number of ether oxygens (including phenoxy) is 2. The fraction of sp³-hybridized carbons (Fsp3) is 0.235. The minimum Gasteiger partial charge on any atom is -0.493 e. The van der Waals surface area contributed by atoms with Gasteiger partial charge >= 0.3 is 5.97 Å². The van der Waals surface area contributed by atoms with Gasteiger partial charge in [-0.05, 0) is 48.9 Å². The standard InChI is InChI=1S/C17H18ClNO5S/c1-12-3-4-13(18)11-16(12)19-25(21,22)15-7-5-14(6-8-15)24-10-9-17(20)23-2/h3-8,11,19H,9-10H2,1-2H3. The number of carbonyl (C=O) groups is 1. The average Bonchev–Trinajstić information content (AvgIpc) is 2.58. The van der Waals surface area contributed by atoms with Gasteiger partial charge in [0.05, 0.1) is 30.7 Å². The Balaban J connectivity index is 2.07. The first-order valence-electron chi connectivity index (χ1n) is 7.40. The maximum absolute atomic E-state index is 12.5. The molecule has 2 aromatic rings. The number of hydrogen-bond donors (Lipinski definition) is 1. The van der Waals surface area contributed by atoms with Crippen molar-refractivity contribution in [1.29, 1.82) is 0 Å². The quantitative estimate of drug-likeness (QED) is 0.741. The van der Waals surface area contributed by atoms with Gasteiger partial charge in [0.1, 0.15) is 5.75 Å². The third-order valence-electron chi connectivity index (χ3n) is 3.38. The predicted molar refractivity (Wildman–Crippen MR) is 95.6 cm³/mol. The molecule has 0 amide bonds. The summed E-state index contributed by atoms with van der Waals surface area (Å²) in [4.78, 5) is 11.1. The van der Waals surface area contributed by atoms with Crippen molar-refractivity contribution in [2.75, 3.05) is 18.4 Å². The van der Waals surface area contributed by atoms with E-state index in [1.807, 2.05) is 0 Å².